The second-order valence-electron chi connectivity index (χ2n) is 2.67. The van der Waals surface area contributed by atoms with Crippen LogP contribution in [0.2, 0.25) is 0 Å². The van der Waals surface area contributed by atoms with E-state index >= 15 is 0 Å². The number of fused-ring (bicyclic) bond motifs is 1. The Balaban J connectivity index is 0.000000845. The van der Waals surface area contributed by atoms with Gasteiger partial charge < -0.3 is 4.98 Å². The van der Waals surface area contributed by atoms with E-state index < -0.39 is 0 Å². The van der Waals surface area contributed by atoms with E-state index in [1.165, 1.54) is 0 Å². The largest absolute Gasteiger partial charge is 0.325 e. The van der Waals surface area contributed by atoms with E-state index in [2.05, 4.69) is 15.0 Å². The fraction of sp³-hybridized carbons (Fsp3) is 0.250. The van der Waals surface area contributed by atoms with Crippen molar-refractivity contribution in [2.75, 3.05) is 0 Å². The van der Waals surface area contributed by atoms with Crippen molar-refractivity contribution < 1.29 is 2.85 Å². The van der Waals surface area contributed by atoms with E-state index in [9.17, 15) is 4.79 Å². The summed E-state index contributed by atoms with van der Waals surface area (Å²) >= 11 is 0. The molecule has 0 amide bonds. The maximum atomic E-state index is 10.8. The number of H-pyrrole nitrogens is 2. The molecular weight excluding hydrogens is 154 g/mol. The summed E-state index contributed by atoms with van der Waals surface area (Å²) in [5, 5.41) is 0. The summed E-state index contributed by atoms with van der Waals surface area (Å²) in [6, 6.07) is 1.93. The first-order chi connectivity index (χ1) is 5.79. The van der Waals surface area contributed by atoms with Crippen LogP contribution < -0.4 is 5.69 Å². The van der Waals surface area contributed by atoms with Crippen LogP contribution in [-0.4, -0.2) is 15.0 Å². The molecule has 0 radical (unpaired) electrons. The van der Waals surface area contributed by atoms with Crippen molar-refractivity contribution in [3.8, 4) is 0 Å². The minimum atomic E-state index is -0.203. The van der Waals surface area contributed by atoms with E-state index in [4.69, 9.17) is 0 Å². The molecule has 0 spiro atoms. The Labute approximate surface area is 71.6 Å². The quantitative estimate of drug-likeness (QED) is 0.672. The highest BCUT2D eigenvalue weighted by Gasteiger charge is 1.98. The van der Waals surface area contributed by atoms with Gasteiger partial charge in [-0.1, -0.05) is 6.92 Å². The Bertz CT molecular complexity index is 463. The molecular formula is C8H13N3O. The molecule has 0 fully saturated rings. The van der Waals surface area contributed by atoms with Gasteiger partial charge in [-0.15, -0.1) is 0 Å². The van der Waals surface area contributed by atoms with Gasteiger partial charge in [0.15, 0.2) is 5.65 Å². The van der Waals surface area contributed by atoms with Crippen molar-refractivity contribution >= 4 is 11.2 Å². The number of hydrogen-bond donors (Lipinski definition) is 2. The highest BCUT2D eigenvalue weighted by Crippen LogP contribution is 2.06. The number of rotatable bonds is 1. The molecule has 2 aromatic heterocycles. The Hall–Kier alpha value is -1.58. The molecule has 0 aliphatic heterocycles. The normalized spacial score (nSPS) is 10.8. The summed E-state index contributed by atoms with van der Waals surface area (Å²) in [6.45, 7) is 2.05. The van der Waals surface area contributed by atoms with Crippen molar-refractivity contribution in [3.63, 3.8) is 0 Å². The van der Waals surface area contributed by atoms with E-state index in [0.29, 0.717) is 5.65 Å². The number of aryl methyl sites for hydroxylation is 1. The van der Waals surface area contributed by atoms with Crippen LogP contribution in [0.4, 0.5) is 0 Å². The van der Waals surface area contributed by atoms with E-state index in [0.717, 1.165) is 17.5 Å². The maximum absolute atomic E-state index is 10.8. The number of hydrogen-bond acceptors (Lipinski definition) is 2. The number of nitrogens with one attached hydrogen (secondary N) is 2. The van der Waals surface area contributed by atoms with Crippen LogP contribution in [0.15, 0.2) is 17.1 Å². The molecule has 4 heteroatoms. The van der Waals surface area contributed by atoms with Gasteiger partial charge in [0.05, 0.1) is 5.52 Å². The maximum Gasteiger partial charge on any atom is 0.325 e. The summed E-state index contributed by atoms with van der Waals surface area (Å²) in [5.74, 6) is 0. The van der Waals surface area contributed by atoms with Gasteiger partial charge in [0.1, 0.15) is 0 Å². The highest BCUT2D eigenvalue weighted by atomic mass is 16.1. The van der Waals surface area contributed by atoms with Gasteiger partial charge in [0.25, 0.3) is 0 Å². The summed E-state index contributed by atoms with van der Waals surface area (Å²) in [4.78, 5) is 20.2. The van der Waals surface area contributed by atoms with Gasteiger partial charge in [0, 0.05) is 9.05 Å². The van der Waals surface area contributed by atoms with Crippen molar-refractivity contribution in [1.82, 2.24) is 15.0 Å². The number of aromatic nitrogens is 3. The third-order valence-electron chi connectivity index (χ3n) is 1.83. The first kappa shape index (κ1) is 7.09. The fourth-order valence-electron chi connectivity index (χ4n) is 1.16. The van der Waals surface area contributed by atoms with Gasteiger partial charge in [-0.25, -0.2) is 9.78 Å². The SMILES string of the molecule is CCc1cnc2[nH]c(=O)[nH]c2c1.[HH].[HH]. The molecule has 66 valence electrons. The average molecular weight is 167 g/mol. The van der Waals surface area contributed by atoms with Gasteiger partial charge in [-0.3, -0.25) is 4.98 Å². The minimum Gasteiger partial charge on any atom is -0.304 e. The van der Waals surface area contributed by atoms with Crippen LogP contribution in [0.3, 0.4) is 0 Å². The molecule has 0 unspecified atom stereocenters. The molecule has 12 heavy (non-hydrogen) atoms. The topological polar surface area (TPSA) is 61.5 Å². The predicted molar refractivity (Wildman–Crippen MR) is 50.3 cm³/mol. The summed E-state index contributed by atoms with van der Waals surface area (Å²) in [7, 11) is 0. The highest BCUT2D eigenvalue weighted by molar-refractivity contribution is 5.69. The standard InChI is InChI=1S/C8H9N3O.2H2/c1-2-5-3-6-7(9-4-5)11-8(12)10-6;;/h3-4H,2H2,1H3,(H2,9,10,11,12);2*1H. The molecule has 4 nitrogen and oxygen atoms in total. The van der Waals surface area contributed by atoms with Crippen molar-refractivity contribution in [1.29, 1.82) is 0 Å². The van der Waals surface area contributed by atoms with Crippen LogP contribution in [0, 0.1) is 0 Å². The lowest BCUT2D eigenvalue weighted by atomic mass is 10.2. The van der Waals surface area contributed by atoms with Crippen LogP contribution in [0.1, 0.15) is 15.3 Å². The third-order valence-corrected chi connectivity index (χ3v) is 1.83. The molecule has 0 saturated heterocycles. The zero-order valence-corrected chi connectivity index (χ0v) is 6.72. The number of pyridine rings is 1. The lowest BCUT2D eigenvalue weighted by Crippen LogP contribution is -1.99. The Morgan fingerprint density at radius 1 is 1.58 bits per heavy atom. The first-order valence-corrected chi connectivity index (χ1v) is 3.86. The summed E-state index contributed by atoms with van der Waals surface area (Å²) in [5.41, 5.74) is 2.32. The van der Waals surface area contributed by atoms with Crippen LogP contribution >= 0.6 is 0 Å². The van der Waals surface area contributed by atoms with Crippen molar-refractivity contribution in [2.24, 2.45) is 0 Å². The molecule has 0 saturated carbocycles. The van der Waals surface area contributed by atoms with Gasteiger partial charge in [-0.05, 0) is 18.1 Å². The second kappa shape index (κ2) is 2.48. The minimum absolute atomic E-state index is 0. The molecule has 0 aliphatic rings. The molecule has 0 atom stereocenters. The van der Waals surface area contributed by atoms with Crippen molar-refractivity contribution in [3.05, 3.63) is 28.3 Å². The van der Waals surface area contributed by atoms with Gasteiger partial charge >= 0.3 is 5.69 Å². The molecule has 0 aliphatic carbocycles. The van der Waals surface area contributed by atoms with Gasteiger partial charge in [0.2, 0.25) is 0 Å². The predicted octanol–water partition coefficient (Wildman–Crippen LogP) is 1.31. The zero-order valence-electron chi connectivity index (χ0n) is 6.72. The van der Waals surface area contributed by atoms with E-state index in [1.807, 2.05) is 13.0 Å². The zero-order chi connectivity index (χ0) is 8.55. The molecule has 2 aromatic rings. The molecule has 2 heterocycles. The number of aromatic amines is 2. The van der Waals surface area contributed by atoms with E-state index in [1.54, 1.807) is 6.20 Å². The average Bonchev–Trinajstić information content (AvgIpc) is 2.43. The molecule has 2 rings (SSSR count). The van der Waals surface area contributed by atoms with Crippen LogP contribution in [0.25, 0.3) is 11.2 Å². The lowest BCUT2D eigenvalue weighted by Gasteiger charge is -1.93. The third kappa shape index (κ3) is 1.01. The number of imidazole rings is 1. The Kier molecular flexibility index (Phi) is 1.46. The fourth-order valence-corrected chi connectivity index (χ4v) is 1.16. The Morgan fingerprint density at radius 2 is 2.42 bits per heavy atom. The monoisotopic (exact) mass is 167 g/mol. The summed E-state index contributed by atoms with van der Waals surface area (Å²) < 4.78 is 0. The van der Waals surface area contributed by atoms with Crippen molar-refractivity contribution in [2.45, 2.75) is 13.3 Å². The lowest BCUT2D eigenvalue weighted by molar-refractivity contribution is 1.11. The first-order valence-electron chi connectivity index (χ1n) is 3.86. The number of nitrogens with zero attached hydrogens (tertiary/aromatic N) is 1. The molecule has 0 bridgehead atoms. The van der Waals surface area contributed by atoms with Gasteiger partial charge in [-0.2, -0.15) is 0 Å². The molecule has 0 aromatic carbocycles. The smallest absolute Gasteiger partial charge is 0.304 e. The second-order valence-corrected chi connectivity index (χ2v) is 2.67. The van der Waals surface area contributed by atoms with Crippen LogP contribution in [0.5, 0.6) is 0 Å². The summed E-state index contributed by atoms with van der Waals surface area (Å²) in [6.07, 6.45) is 2.70. The molecule has 2 N–H and O–H groups in total. The Morgan fingerprint density at radius 3 is 3.17 bits per heavy atom. The van der Waals surface area contributed by atoms with E-state index in [-0.39, 0.29) is 8.54 Å². The van der Waals surface area contributed by atoms with Crippen LogP contribution in [-0.2, 0) is 6.42 Å².